The van der Waals surface area contributed by atoms with Gasteiger partial charge in [0, 0.05) is 55.5 Å². The van der Waals surface area contributed by atoms with Crippen molar-refractivity contribution in [3.05, 3.63) is 53.6 Å². The van der Waals surface area contributed by atoms with E-state index < -0.39 is 6.36 Å². The van der Waals surface area contributed by atoms with Gasteiger partial charge in [0.05, 0.1) is 0 Å². The highest BCUT2D eigenvalue weighted by Crippen LogP contribution is 2.24. The molecule has 1 N–H and O–H groups in total. The number of amides is 1. The fraction of sp³-hybridized carbons (Fsp3) is 0.350. The first-order valence-electron chi connectivity index (χ1n) is 9.17. The third-order valence-electron chi connectivity index (χ3n) is 4.59. The highest BCUT2D eigenvalue weighted by molar-refractivity contribution is 6.30. The van der Waals surface area contributed by atoms with Crippen molar-refractivity contribution in [3.8, 4) is 5.75 Å². The second-order valence-corrected chi connectivity index (χ2v) is 7.11. The monoisotopic (exact) mass is 427 g/mol. The van der Waals surface area contributed by atoms with Gasteiger partial charge in [-0.2, -0.15) is 0 Å². The van der Waals surface area contributed by atoms with E-state index in [9.17, 15) is 18.0 Å². The Morgan fingerprint density at radius 3 is 2.21 bits per heavy atom. The number of ether oxygens (including phenoxy) is 1. The standard InChI is InChI=1S/C20H21ClF3N3O2/c21-15-1-5-17(6-2-15)27-13-11-26(12-14-27)10-9-19(28)25-16-3-7-18(8-4-16)29-20(22,23)24/h1-8H,9-14H2,(H,25,28). The van der Waals surface area contributed by atoms with Crippen molar-refractivity contribution in [3.63, 3.8) is 0 Å². The molecule has 0 saturated carbocycles. The number of anilines is 2. The summed E-state index contributed by atoms with van der Waals surface area (Å²) in [4.78, 5) is 16.6. The Labute approximate surface area is 172 Å². The van der Waals surface area contributed by atoms with Crippen molar-refractivity contribution in [1.29, 1.82) is 0 Å². The van der Waals surface area contributed by atoms with Crippen molar-refractivity contribution < 1.29 is 22.7 Å². The van der Waals surface area contributed by atoms with Crippen LogP contribution in [0.3, 0.4) is 0 Å². The third kappa shape index (κ3) is 6.83. The summed E-state index contributed by atoms with van der Waals surface area (Å²) in [5, 5.41) is 3.40. The van der Waals surface area contributed by atoms with Crippen LogP contribution in [0.2, 0.25) is 5.02 Å². The molecule has 2 aromatic rings. The molecule has 5 nitrogen and oxygen atoms in total. The molecule has 0 bridgehead atoms. The lowest BCUT2D eigenvalue weighted by Gasteiger charge is -2.36. The molecule has 29 heavy (non-hydrogen) atoms. The van der Waals surface area contributed by atoms with Crippen LogP contribution in [0.5, 0.6) is 5.75 Å². The smallest absolute Gasteiger partial charge is 0.406 e. The highest BCUT2D eigenvalue weighted by Gasteiger charge is 2.31. The number of hydrogen-bond acceptors (Lipinski definition) is 4. The maximum atomic E-state index is 12.2. The Morgan fingerprint density at radius 1 is 1.00 bits per heavy atom. The highest BCUT2D eigenvalue weighted by atomic mass is 35.5. The summed E-state index contributed by atoms with van der Waals surface area (Å²) in [6, 6.07) is 12.8. The quantitative estimate of drug-likeness (QED) is 0.742. The molecule has 1 amide bonds. The van der Waals surface area contributed by atoms with Crippen LogP contribution in [-0.2, 0) is 4.79 Å². The number of alkyl halides is 3. The van der Waals surface area contributed by atoms with Gasteiger partial charge in [0.15, 0.2) is 0 Å². The van der Waals surface area contributed by atoms with Crippen molar-refractivity contribution in [2.45, 2.75) is 12.8 Å². The summed E-state index contributed by atoms with van der Waals surface area (Å²) in [7, 11) is 0. The van der Waals surface area contributed by atoms with E-state index in [4.69, 9.17) is 11.6 Å². The fourth-order valence-corrected chi connectivity index (χ4v) is 3.23. The zero-order valence-corrected chi connectivity index (χ0v) is 16.3. The number of piperazine rings is 1. The van der Waals surface area contributed by atoms with Crippen LogP contribution in [-0.4, -0.2) is 49.9 Å². The van der Waals surface area contributed by atoms with Crippen LogP contribution in [0.15, 0.2) is 48.5 Å². The molecule has 0 aliphatic carbocycles. The molecule has 1 heterocycles. The zero-order valence-electron chi connectivity index (χ0n) is 15.6. The molecule has 0 atom stereocenters. The first-order chi connectivity index (χ1) is 13.8. The number of carbonyl (C=O) groups excluding carboxylic acids is 1. The van der Waals surface area contributed by atoms with Crippen molar-refractivity contribution in [2.24, 2.45) is 0 Å². The predicted molar refractivity (Wildman–Crippen MR) is 106 cm³/mol. The van der Waals surface area contributed by atoms with Crippen LogP contribution in [0.1, 0.15) is 6.42 Å². The lowest BCUT2D eigenvalue weighted by atomic mass is 10.2. The summed E-state index contributed by atoms with van der Waals surface area (Å²) < 4.78 is 40.3. The molecular weight excluding hydrogens is 407 g/mol. The molecular formula is C20H21ClF3N3O2. The van der Waals surface area contributed by atoms with Gasteiger partial charge in [-0.15, -0.1) is 13.2 Å². The number of halogens is 4. The van der Waals surface area contributed by atoms with Gasteiger partial charge in [0.25, 0.3) is 0 Å². The molecule has 0 spiro atoms. The van der Waals surface area contributed by atoms with Gasteiger partial charge >= 0.3 is 6.36 Å². The van der Waals surface area contributed by atoms with Gasteiger partial charge in [-0.05, 0) is 48.5 Å². The maximum absolute atomic E-state index is 12.2. The van der Waals surface area contributed by atoms with E-state index in [1.807, 2.05) is 24.3 Å². The van der Waals surface area contributed by atoms with E-state index in [0.29, 0.717) is 23.7 Å². The van der Waals surface area contributed by atoms with Gasteiger partial charge in [-0.1, -0.05) is 11.6 Å². The molecule has 3 rings (SSSR count). The number of rotatable bonds is 6. The molecule has 0 radical (unpaired) electrons. The summed E-state index contributed by atoms with van der Waals surface area (Å²) in [6.45, 7) is 4.04. The molecule has 1 saturated heterocycles. The second kappa shape index (κ2) is 9.37. The topological polar surface area (TPSA) is 44.8 Å². The van der Waals surface area contributed by atoms with Crippen LogP contribution in [0, 0.1) is 0 Å². The zero-order chi connectivity index (χ0) is 20.9. The minimum Gasteiger partial charge on any atom is -0.406 e. The van der Waals surface area contributed by atoms with Gasteiger partial charge in [-0.3, -0.25) is 9.69 Å². The first kappa shape index (κ1) is 21.3. The van der Waals surface area contributed by atoms with E-state index in [1.165, 1.54) is 24.3 Å². The fourth-order valence-electron chi connectivity index (χ4n) is 3.10. The average molecular weight is 428 g/mol. The molecule has 1 aliphatic rings. The minimum absolute atomic E-state index is 0.186. The van der Waals surface area contributed by atoms with Crippen LogP contribution in [0.4, 0.5) is 24.5 Å². The largest absolute Gasteiger partial charge is 0.573 e. The molecule has 1 aliphatic heterocycles. The van der Waals surface area contributed by atoms with Crippen molar-refractivity contribution in [1.82, 2.24) is 4.90 Å². The van der Waals surface area contributed by atoms with Crippen molar-refractivity contribution >= 4 is 28.9 Å². The van der Waals surface area contributed by atoms with Gasteiger partial charge < -0.3 is 15.0 Å². The number of nitrogens with one attached hydrogen (secondary N) is 1. The summed E-state index contributed by atoms with van der Waals surface area (Å²) in [6.07, 6.45) is -4.43. The Balaban J connectivity index is 1.39. The Kier molecular flexibility index (Phi) is 6.87. The number of benzene rings is 2. The SMILES string of the molecule is O=C(CCN1CCN(c2ccc(Cl)cc2)CC1)Nc1ccc(OC(F)(F)F)cc1. The van der Waals surface area contributed by atoms with E-state index in [-0.39, 0.29) is 11.7 Å². The third-order valence-corrected chi connectivity index (χ3v) is 4.84. The van der Waals surface area contributed by atoms with E-state index in [1.54, 1.807) is 0 Å². The minimum atomic E-state index is -4.73. The number of carbonyl (C=O) groups is 1. The average Bonchev–Trinajstić information content (AvgIpc) is 2.68. The number of nitrogens with zero attached hydrogens (tertiary/aromatic N) is 2. The predicted octanol–water partition coefficient (Wildman–Crippen LogP) is 4.39. The molecule has 0 aromatic heterocycles. The molecule has 156 valence electrons. The van der Waals surface area contributed by atoms with Gasteiger partial charge in [-0.25, -0.2) is 0 Å². The second-order valence-electron chi connectivity index (χ2n) is 6.68. The Hall–Kier alpha value is -2.45. The molecule has 0 unspecified atom stereocenters. The maximum Gasteiger partial charge on any atom is 0.573 e. The van der Waals surface area contributed by atoms with Crippen LogP contribution in [0.25, 0.3) is 0 Å². The lowest BCUT2D eigenvalue weighted by Crippen LogP contribution is -2.47. The van der Waals surface area contributed by atoms with Crippen molar-refractivity contribution in [2.75, 3.05) is 42.9 Å². The first-order valence-corrected chi connectivity index (χ1v) is 9.55. The Bertz CT molecular complexity index is 805. The molecule has 1 fully saturated rings. The molecule has 9 heteroatoms. The Morgan fingerprint density at radius 2 is 1.62 bits per heavy atom. The van der Waals surface area contributed by atoms with Gasteiger partial charge in [0.2, 0.25) is 5.91 Å². The van der Waals surface area contributed by atoms with Crippen LogP contribution < -0.4 is 15.0 Å². The molecule has 2 aromatic carbocycles. The van der Waals surface area contributed by atoms with Crippen LogP contribution >= 0.6 is 11.6 Å². The lowest BCUT2D eigenvalue weighted by molar-refractivity contribution is -0.274. The van der Waals surface area contributed by atoms with E-state index in [0.717, 1.165) is 31.9 Å². The number of hydrogen-bond donors (Lipinski definition) is 1. The van der Waals surface area contributed by atoms with E-state index >= 15 is 0 Å². The summed E-state index contributed by atoms with van der Waals surface area (Å²) in [5.41, 5.74) is 1.56. The van der Waals surface area contributed by atoms with Gasteiger partial charge in [0.1, 0.15) is 5.75 Å². The summed E-state index contributed by atoms with van der Waals surface area (Å²) >= 11 is 5.92. The van der Waals surface area contributed by atoms with E-state index in [2.05, 4.69) is 19.9 Å². The normalized spacial score (nSPS) is 15.2. The summed E-state index contributed by atoms with van der Waals surface area (Å²) in [5.74, 6) is -0.510.